The number of phenolic OH excluding ortho intramolecular Hbond substituents is 1. The fourth-order valence-corrected chi connectivity index (χ4v) is 1.78. The zero-order chi connectivity index (χ0) is 10.8. The van der Waals surface area contributed by atoms with Gasteiger partial charge in [0, 0.05) is 5.56 Å². The predicted octanol–water partition coefficient (Wildman–Crippen LogP) is 1.18. The molecule has 1 unspecified atom stereocenters. The number of esters is 1. The maximum absolute atomic E-state index is 11.4. The molecule has 0 saturated carbocycles. The molecule has 80 valence electrons. The topological polar surface area (TPSA) is 55.8 Å². The quantitative estimate of drug-likeness (QED) is 0.704. The fraction of sp³-hybridized carbons (Fsp3) is 0.364. The van der Waals surface area contributed by atoms with Gasteiger partial charge in [0.15, 0.2) is 6.10 Å². The van der Waals surface area contributed by atoms with E-state index in [1.807, 2.05) is 0 Å². The van der Waals surface area contributed by atoms with Crippen molar-refractivity contribution < 1.29 is 19.4 Å². The Labute approximate surface area is 87.4 Å². The molecule has 0 aromatic heterocycles. The first kappa shape index (κ1) is 9.98. The van der Waals surface area contributed by atoms with E-state index >= 15 is 0 Å². The van der Waals surface area contributed by atoms with E-state index < -0.39 is 12.1 Å². The third kappa shape index (κ3) is 1.68. The minimum atomic E-state index is -0.703. The zero-order valence-corrected chi connectivity index (χ0v) is 8.40. The number of rotatable bonds is 1. The molecular weight excluding hydrogens is 196 g/mol. The van der Waals surface area contributed by atoms with Crippen LogP contribution in [0.1, 0.15) is 17.2 Å². The Balaban J connectivity index is 2.42. The Morgan fingerprint density at radius 2 is 2.40 bits per heavy atom. The van der Waals surface area contributed by atoms with Gasteiger partial charge in [-0.2, -0.15) is 0 Å². The lowest BCUT2D eigenvalue weighted by atomic mass is 9.97. The van der Waals surface area contributed by atoms with Gasteiger partial charge in [-0.05, 0) is 18.1 Å². The number of phenols is 1. The Bertz CT molecular complexity index is 386. The Morgan fingerprint density at radius 1 is 1.60 bits per heavy atom. The second kappa shape index (κ2) is 3.90. The highest BCUT2D eigenvalue weighted by Crippen LogP contribution is 2.32. The van der Waals surface area contributed by atoms with Crippen LogP contribution in [0.5, 0.6) is 5.75 Å². The molecule has 0 fully saturated rings. The smallest absolute Gasteiger partial charge is 0.339 e. The van der Waals surface area contributed by atoms with E-state index in [9.17, 15) is 9.90 Å². The largest absolute Gasteiger partial charge is 0.508 e. The first-order chi connectivity index (χ1) is 7.24. The number of methoxy groups -OCH3 is 1. The number of aromatic hydroxyl groups is 1. The van der Waals surface area contributed by atoms with Crippen molar-refractivity contribution in [1.29, 1.82) is 0 Å². The molecule has 1 aromatic rings. The van der Waals surface area contributed by atoms with Gasteiger partial charge in [0.25, 0.3) is 0 Å². The standard InChI is InChI=1S/C11H12O4/c1-14-11(13)10-8-3-2-4-9(12)7(8)5-6-15-10/h2-4,10,12H,5-6H2,1H3. The van der Waals surface area contributed by atoms with E-state index in [0.29, 0.717) is 18.6 Å². The summed E-state index contributed by atoms with van der Waals surface area (Å²) >= 11 is 0. The second-order valence-electron chi connectivity index (χ2n) is 3.37. The Kier molecular flexibility index (Phi) is 2.60. The average Bonchev–Trinajstić information content (AvgIpc) is 2.28. The molecule has 1 atom stereocenters. The molecule has 2 rings (SSSR count). The molecule has 1 N–H and O–H groups in total. The van der Waals surface area contributed by atoms with Crippen LogP contribution in [0.25, 0.3) is 0 Å². The van der Waals surface area contributed by atoms with Crippen LogP contribution in [0.2, 0.25) is 0 Å². The van der Waals surface area contributed by atoms with Crippen molar-refractivity contribution in [1.82, 2.24) is 0 Å². The van der Waals surface area contributed by atoms with Crippen molar-refractivity contribution in [2.75, 3.05) is 13.7 Å². The summed E-state index contributed by atoms with van der Waals surface area (Å²) in [5.41, 5.74) is 1.48. The molecule has 4 nitrogen and oxygen atoms in total. The van der Waals surface area contributed by atoms with Gasteiger partial charge in [-0.1, -0.05) is 12.1 Å². The lowest BCUT2D eigenvalue weighted by Crippen LogP contribution is -2.24. The molecule has 0 spiro atoms. The van der Waals surface area contributed by atoms with Crippen molar-refractivity contribution in [2.24, 2.45) is 0 Å². The Hall–Kier alpha value is -1.55. The second-order valence-corrected chi connectivity index (χ2v) is 3.37. The lowest BCUT2D eigenvalue weighted by molar-refractivity contribution is -0.155. The van der Waals surface area contributed by atoms with Crippen molar-refractivity contribution >= 4 is 5.97 Å². The highest BCUT2D eigenvalue weighted by Gasteiger charge is 2.29. The minimum Gasteiger partial charge on any atom is -0.508 e. The molecule has 1 aliphatic rings. The third-order valence-corrected chi connectivity index (χ3v) is 2.52. The average molecular weight is 208 g/mol. The molecule has 1 aliphatic heterocycles. The number of fused-ring (bicyclic) bond motifs is 1. The molecule has 1 aromatic carbocycles. The number of hydrogen-bond donors (Lipinski definition) is 1. The lowest BCUT2D eigenvalue weighted by Gasteiger charge is -2.24. The van der Waals surface area contributed by atoms with Gasteiger partial charge >= 0.3 is 5.97 Å². The molecule has 0 radical (unpaired) electrons. The first-order valence-corrected chi connectivity index (χ1v) is 4.74. The monoisotopic (exact) mass is 208 g/mol. The number of benzene rings is 1. The molecule has 0 saturated heterocycles. The van der Waals surface area contributed by atoms with Gasteiger partial charge < -0.3 is 14.6 Å². The van der Waals surface area contributed by atoms with Gasteiger partial charge in [-0.15, -0.1) is 0 Å². The number of ether oxygens (including phenoxy) is 2. The van der Waals surface area contributed by atoms with Crippen LogP contribution >= 0.6 is 0 Å². The summed E-state index contributed by atoms with van der Waals surface area (Å²) in [6.45, 7) is 0.421. The third-order valence-electron chi connectivity index (χ3n) is 2.52. The molecule has 1 heterocycles. The van der Waals surface area contributed by atoms with Crippen molar-refractivity contribution in [3.8, 4) is 5.75 Å². The van der Waals surface area contributed by atoms with Crippen LogP contribution < -0.4 is 0 Å². The van der Waals surface area contributed by atoms with E-state index in [0.717, 1.165) is 5.56 Å². The van der Waals surface area contributed by atoms with Crippen LogP contribution in [-0.4, -0.2) is 24.8 Å². The number of carbonyl (C=O) groups excluding carboxylic acids is 1. The van der Waals surface area contributed by atoms with Crippen LogP contribution in [0.4, 0.5) is 0 Å². The molecule has 0 aliphatic carbocycles. The van der Waals surface area contributed by atoms with Gasteiger partial charge in [0.1, 0.15) is 5.75 Å². The van der Waals surface area contributed by atoms with Crippen molar-refractivity contribution in [3.05, 3.63) is 29.3 Å². The normalized spacial score (nSPS) is 19.4. The summed E-state index contributed by atoms with van der Waals surface area (Å²) in [4.78, 5) is 11.4. The highest BCUT2D eigenvalue weighted by molar-refractivity contribution is 5.77. The molecular formula is C11H12O4. The highest BCUT2D eigenvalue weighted by atomic mass is 16.6. The van der Waals surface area contributed by atoms with E-state index in [2.05, 4.69) is 4.74 Å². The number of carbonyl (C=O) groups is 1. The van der Waals surface area contributed by atoms with Gasteiger partial charge in [0.2, 0.25) is 0 Å². The van der Waals surface area contributed by atoms with Gasteiger partial charge in [-0.25, -0.2) is 4.79 Å². The SMILES string of the molecule is COC(=O)C1OCCc2c(O)cccc21. The number of hydrogen-bond acceptors (Lipinski definition) is 4. The van der Waals surface area contributed by atoms with Crippen LogP contribution in [0.3, 0.4) is 0 Å². The van der Waals surface area contributed by atoms with E-state index in [1.165, 1.54) is 7.11 Å². The first-order valence-electron chi connectivity index (χ1n) is 4.74. The summed E-state index contributed by atoms with van der Waals surface area (Å²) in [5.74, 6) is -0.216. The summed E-state index contributed by atoms with van der Waals surface area (Å²) < 4.78 is 9.97. The van der Waals surface area contributed by atoms with Crippen LogP contribution in [0, 0.1) is 0 Å². The molecule has 0 amide bonds. The molecule has 15 heavy (non-hydrogen) atoms. The zero-order valence-electron chi connectivity index (χ0n) is 8.40. The maximum Gasteiger partial charge on any atom is 0.339 e. The van der Waals surface area contributed by atoms with Gasteiger partial charge in [-0.3, -0.25) is 0 Å². The van der Waals surface area contributed by atoms with E-state index in [1.54, 1.807) is 18.2 Å². The van der Waals surface area contributed by atoms with Crippen molar-refractivity contribution in [2.45, 2.75) is 12.5 Å². The molecule has 0 bridgehead atoms. The summed E-state index contributed by atoms with van der Waals surface area (Å²) in [6, 6.07) is 5.08. The van der Waals surface area contributed by atoms with Crippen molar-refractivity contribution in [3.63, 3.8) is 0 Å². The fourth-order valence-electron chi connectivity index (χ4n) is 1.78. The predicted molar refractivity (Wildman–Crippen MR) is 52.5 cm³/mol. The van der Waals surface area contributed by atoms with E-state index in [-0.39, 0.29) is 5.75 Å². The van der Waals surface area contributed by atoms with Crippen LogP contribution in [0.15, 0.2) is 18.2 Å². The summed E-state index contributed by atoms with van der Waals surface area (Å²) in [5, 5.41) is 9.62. The van der Waals surface area contributed by atoms with Crippen LogP contribution in [-0.2, 0) is 20.7 Å². The maximum atomic E-state index is 11.4. The Morgan fingerprint density at radius 3 is 3.13 bits per heavy atom. The summed E-state index contributed by atoms with van der Waals surface area (Å²) in [7, 11) is 1.32. The van der Waals surface area contributed by atoms with Gasteiger partial charge in [0.05, 0.1) is 13.7 Å². The van der Waals surface area contributed by atoms with E-state index in [4.69, 9.17) is 4.74 Å². The minimum absolute atomic E-state index is 0.213. The summed E-state index contributed by atoms with van der Waals surface area (Å²) in [6.07, 6.45) is -0.0824. The molecule has 4 heteroatoms.